The summed E-state index contributed by atoms with van der Waals surface area (Å²) >= 11 is 7.56. The first-order valence-electron chi connectivity index (χ1n) is 10.2. The number of rotatable bonds is 4. The molecule has 0 saturated heterocycles. The maximum Gasteiger partial charge on any atom is 0.257 e. The van der Waals surface area contributed by atoms with Crippen LogP contribution in [0, 0.1) is 0 Å². The van der Waals surface area contributed by atoms with Crippen molar-refractivity contribution in [3.05, 3.63) is 97.9 Å². The molecule has 3 aromatic rings. The van der Waals surface area contributed by atoms with E-state index in [2.05, 4.69) is 10.3 Å². The number of ketones is 1. The summed E-state index contributed by atoms with van der Waals surface area (Å²) in [7, 11) is 0. The van der Waals surface area contributed by atoms with Gasteiger partial charge in [-0.2, -0.15) is 0 Å². The number of hydrogen-bond donors (Lipinski definition) is 2. The summed E-state index contributed by atoms with van der Waals surface area (Å²) in [6, 6.07) is 17.4. The summed E-state index contributed by atoms with van der Waals surface area (Å²) in [4.78, 5) is 33.7. The predicted molar refractivity (Wildman–Crippen MR) is 124 cm³/mol. The molecule has 1 aliphatic heterocycles. The average Bonchev–Trinajstić information content (AvgIpc) is 2.78. The highest BCUT2D eigenvalue weighted by molar-refractivity contribution is 7.98. The maximum absolute atomic E-state index is 13.2. The maximum atomic E-state index is 13.2. The summed E-state index contributed by atoms with van der Waals surface area (Å²) < 4.78 is 0. The van der Waals surface area contributed by atoms with Gasteiger partial charge in [0.25, 0.3) is 5.56 Å². The molecule has 0 amide bonds. The molecule has 0 bridgehead atoms. The molecular weight excluding hydrogens is 430 g/mol. The molecule has 0 spiro atoms. The third-order valence-electron chi connectivity index (χ3n) is 5.66. The minimum Gasteiger partial charge on any atom is -0.343 e. The quantitative estimate of drug-likeness (QED) is 0.418. The first-order chi connectivity index (χ1) is 15.1. The lowest BCUT2D eigenvalue weighted by Gasteiger charge is -2.32. The van der Waals surface area contributed by atoms with Crippen LogP contribution < -0.4 is 10.9 Å². The van der Waals surface area contributed by atoms with Crippen LogP contribution in [0.3, 0.4) is 0 Å². The zero-order chi connectivity index (χ0) is 21.4. The molecule has 2 heterocycles. The van der Waals surface area contributed by atoms with E-state index < -0.39 is 5.92 Å². The number of aromatic amines is 1. The summed E-state index contributed by atoms with van der Waals surface area (Å²) in [6.07, 6.45) is 2.06. The Morgan fingerprint density at radius 2 is 1.81 bits per heavy atom. The molecule has 2 aliphatic rings. The Kier molecular flexibility index (Phi) is 5.42. The van der Waals surface area contributed by atoms with Gasteiger partial charge in [0.2, 0.25) is 0 Å². The number of hydrogen-bond acceptors (Lipinski definition) is 5. The van der Waals surface area contributed by atoms with Crippen LogP contribution in [0.2, 0.25) is 5.02 Å². The summed E-state index contributed by atoms with van der Waals surface area (Å²) in [5, 5.41) is 4.48. The lowest BCUT2D eigenvalue weighted by Crippen LogP contribution is -2.32. The average molecular weight is 450 g/mol. The molecule has 0 saturated carbocycles. The number of carbonyl (C=O) groups is 1. The monoisotopic (exact) mass is 449 g/mol. The number of benzene rings is 2. The standard InChI is InChI=1S/C24H20ClN3O2S/c25-16-11-9-15(10-12-16)19-20-17(7-4-8-18(20)29)26-22-21(19)23(30)28-24(27-22)31-13-14-5-2-1-3-6-14/h1-3,5-6,9-12,19H,4,7-8,13H2,(H2,26,27,28,30)/t19-/m1/s1. The second-order valence-corrected chi connectivity index (χ2v) is 9.09. The third-order valence-corrected chi connectivity index (χ3v) is 6.85. The van der Waals surface area contributed by atoms with E-state index in [4.69, 9.17) is 16.6 Å². The van der Waals surface area contributed by atoms with Gasteiger partial charge >= 0.3 is 0 Å². The van der Waals surface area contributed by atoms with E-state index >= 15 is 0 Å². The summed E-state index contributed by atoms with van der Waals surface area (Å²) in [6.45, 7) is 0. The fraction of sp³-hybridized carbons (Fsp3) is 0.208. The van der Waals surface area contributed by atoms with Gasteiger partial charge < -0.3 is 10.3 Å². The largest absolute Gasteiger partial charge is 0.343 e. The molecule has 31 heavy (non-hydrogen) atoms. The fourth-order valence-corrected chi connectivity index (χ4v) is 5.17. The SMILES string of the molecule is O=C1CCCC2=C1[C@@H](c1ccc(Cl)cc1)c1c(nc(SCc3ccccc3)[nH]c1=O)N2. The molecule has 156 valence electrons. The number of nitrogens with one attached hydrogen (secondary N) is 2. The van der Waals surface area contributed by atoms with Crippen molar-refractivity contribution in [2.45, 2.75) is 36.1 Å². The second-order valence-electron chi connectivity index (χ2n) is 7.69. The first-order valence-corrected chi connectivity index (χ1v) is 11.6. The number of carbonyl (C=O) groups excluding carboxylic acids is 1. The van der Waals surface area contributed by atoms with Gasteiger partial charge in [0.05, 0.1) is 5.56 Å². The van der Waals surface area contributed by atoms with Crippen LogP contribution in [0.1, 0.15) is 41.9 Å². The highest BCUT2D eigenvalue weighted by atomic mass is 35.5. The van der Waals surface area contributed by atoms with E-state index in [1.165, 1.54) is 11.8 Å². The highest BCUT2D eigenvalue weighted by Crippen LogP contribution is 2.43. The van der Waals surface area contributed by atoms with E-state index in [0.717, 1.165) is 29.7 Å². The number of Topliss-reactive ketones (excluding diaryl/α,β-unsaturated/α-hetero) is 1. The fourth-order valence-electron chi connectivity index (χ4n) is 4.22. The Morgan fingerprint density at radius 3 is 2.58 bits per heavy atom. The van der Waals surface area contributed by atoms with E-state index in [-0.39, 0.29) is 11.3 Å². The van der Waals surface area contributed by atoms with Crippen molar-refractivity contribution in [1.82, 2.24) is 9.97 Å². The van der Waals surface area contributed by atoms with Gasteiger partial charge in [-0.1, -0.05) is 65.8 Å². The Balaban J connectivity index is 1.57. The molecule has 1 atom stereocenters. The molecule has 0 unspecified atom stereocenters. The minimum absolute atomic E-state index is 0.0845. The predicted octanol–water partition coefficient (Wildman–Crippen LogP) is 5.28. The highest BCUT2D eigenvalue weighted by Gasteiger charge is 2.37. The van der Waals surface area contributed by atoms with Gasteiger partial charge in [-0.3, -0.25) is 9.59 Å². The summed E-state index contributed by atoms with van der Waals surface area (Å²) in [5.41, 5.74) is 3.84. The van der Waals surface area contributed by atoms with Crippen molar-refractivity contribution < 1.29 is 4.79 Å². The van der Waals surface area contributed by atoms with Crippen molar-refractivity contribution in [3.8, 4) is 0 Å². The molecule has 1 aliphatic carbocycles. The molecule has 5 nitrogen and oxygen atoms in total. The molecule has 1 aromatic heterocycles. The van der Waals surface area contributed by atoms with E-state index in [1.54, 1.807) is 12.1 Å². The molecule has 0 radical (unpaired) electrons. The smallest absolute Gasteiger partial charge is 0.257 e. The van der Waals surface area contributed by atoms with Gasteiger partial charge in [-0.15, -0.1) is 0 Å². The number of H-pyrrole nitrogens is 1. The van der Waals surface area contributed by atoms with Gasteiger partial charge in [0.1, 0.15) is 5.82 Å². The number of anilines is 1. The Morgan fingerprint density at radius 1 is 1.03 bits per heavy atom. The lowest BCUT2D eigenvalue weighted by atomic mass is 9.76. The van der Waals surface area contributed by atoms with Gasteiger partial charge in [-0.05, 0) is 36.1 Å². The minimum atomic E-state index is -0.444. The lowest BCUT2D eigenvalue weighted by molar-refractivity contribution is -0.116. The van der Waals surface area contributed by atoms with Crippen LogP contribution in [0.4, 0.5) is 5.82 Å². The second kappa shape index (κ2) is 8.36. The van der Waals surface area contributed by atoms with Crippen LogP contribution in [-0.4, -0.2) is 15.8 Å². The molecule has 2 aromatic carbocycles. The number of fused-ring (bicyclic) bond motifs is 1. The van der Waals surface area contributed by atoms with Crippen LogP contribution in [-0.2, 0) is 10.5 Å². The Labute approximate surface area is 189 Å². The first kappa shape index (κ1) is 20.1. The van der Waals surface area contributed by atoms with E-state index in [9.17, 15) is 9.59 Å². The van der Waals surface area contributed by atoms with E-state index in [1.807, 2.05) is 42.5 Å². The van der Waals surface area contributed by atoms with Crippen LogP contribution >= 0.6 is 23.4 Å². The Bertz CT molecular complexity index is 1240. The van der Waals surface area contributed by atoms with Gasteiger partial charge in [0.15, 0.2) is 10.9 Å². The van der Waals surface area contributed by atoms with Crippen LogP contribution in [0.15, 0.2) is 75.8 Å². The number of allylic oxidation sites excluding steroid dienone is 2. The number of thioether (sulfide) groups is 1. The molecule has 7 heteroatoms. The molecule has 5 rings (SSSR count). The molecule has 2 N–H and O–H groups in total. The van der Waals surface area contributed by atoms with Gasteiger partial charge in [0, 0.05) is 34.4 Å². The number of aromatic nitrogens is 2. The topological polar surface area (TPSA) is 74.8 Å². The van der Waals surface area contributed by atoms with Crippen molar-refractivity contribution in [2.75, 3.05) is 5.32 Å². The van der Waals surface area contributed by atoms with Crippen molar-refractivity contribution >= 4 is 35.0 Å². The van der Waals surface area contributed by atoms with E-state index in [0.29, 0.717) is 39.3 Å². The zero-order valence-electron chi connectivity index (χ0n) is 16.7. The number of nitrogens with zero attached hydrogens (tertiary/aromatic N) is 1. The molecule has 0 fully saturated rings. The molecular formula is C24H20ClN3O2S. The van der Waals surface area contributed by atoms with Crippen LogP contribution in [0.5, 0.6) is 0 Å². The Hall–Kier alpha value is -2.83. The normalized spacial score (nSPS) is 17.7. The zero-order valence-corrected chi connectivity index (χ0v) is 18.2. The third kappa shape index (κ3) is 3.93. The van der Waals surface area contributed by atoms with Crippen molar-refractivity contribution in [3.63, 3.8) is 0 Å². The van der Waals surface area contributed by atoms with Crippen molar-refractivity contribution in [1.29, 1.82) is 0 Å². The number of halogens is 1. The van der Waals surface area contributed by atoms with Crippen LogP contribution in [0.25, 0.3) is 0 Å². The van der Waals surface area contributed by atoms with Gasteiger partial charge in [-0.25, -0.2) is 4.98 Å². The summed E-state index contributed by atoms with van der Waals surface area (Å²) in [5.74, 6) is 0.880. The van der Waals surface area contributed by atoms with Crippen molar-refractivity contribution in [2.24, 2.45) is 0 Å².